The van der Waals surface area contributed by atoms with Crippen molar-refractivity contribution < 1.29 is 13.9 Å². The molecule has 0 saturated heterocycles. The summed E-state index contributed by atoms with van der Waals surface area (Å²) in [5.74, 6) is 0.272. The molecule has 0 unspecified atom stereocenters. The van der Waals surface area contributed by atoms with E-state index in [9.17, 15) is 9.59 Å². The summed E-state index contributed by atoms with van der Waals surface area (Å²) < 4.78 is 10.7. The Kier molecular flexibility index (Phi) is 6.68. The number of aryl methyl sites for hydroxylation is 3. The topological polar surface area (TPSA) is 68.5 Å². The number of hydrogen-bond acceptors (Lipinski definition) is 4. The Morgan fingerprint density at radius 2 is 1.96 bits per heavy atom. The van der Waals surface area contributed by atoms with Gasteiger partial charge in [0, 0.05) is 25.5 Å². The van der Waals surface area contributed by atoms with Gasteiger partial charge in [-0.15, -0.1) is 0 Å². The minimum Gasteiger partial charge on any atom is -0.427 e. The van der Waals surface area contributed by atoms with Crippen LogP contribution in [0.2, 0.25) is 0 Å². The lowest BCUT2D eigenvalue weighted by atomic mass is 9.69. The van der Waals surface area contributed by atoms with Crippen molar-refractivity contribution in [1.82, 2.24) is 5.32 Å². The Morgan fingerprint density at radius 1 is 1.21 bits per heavy atom. The first-order valence-electron chi connectivity index (χ1n) is 9.98. The zero-order chi connectivity index (χ0) is 20.0. The molecule has 5 heteroatoms. The minimum atomic E-state index is -0.554. The summed E-state index contributed by atoms with van der Waals surface area (Å²) in [6, 6.07) is 12.0. The minimum absolute atomic E-state index is 0.00981. The van der Waals surface area contributed by atoms with Crippen LogP contribution in [-0.4, -0.2) is 26.2 Å². The fourth-order valence-corrected chi connectivity index (χ4v) is 3.89. The fraction of sp³-hybridized carbons (Fsp3) is 0.478. The molecule has 0 bridgehead atoms. The van der Waals surface area contributed by atoms with E-state index in [1.165, 1.54) is 5.56 Å². The molecule has 0 radical (unpaired) electrons. The quantitative estimate of drug-likeness (QED) is 0.717. The maximum atomic E-state index is 12.6. The van der Waals surface area contributed by atoms with Gasteiger partial charge in [0.2, 0.25) is 0 Å². The Balaban J connectivity index is 1.59. The number of amides is 1. The summed E-state index contributed by atoms with van der Waals surface area (Å²) in [5.41, 5.74) is 1.49. The van der Waals surface area contributed by atoms with Gasteiger partial charge < -0.3 is 14.5 Å². The number of carbonyl (C=O) groups excluding carboxylic acids is 1. The van der Waals surface area contributed by atoms with E-state index in [4.69, 9.17) is 9.15 Å². The van der Waals surface area contributed by atoms with Crippen molar-refractivity contribution in [2.45, 2.75) is 45.4 Å². The van der Waals surface area contributed by atoms with Gasteiger partial charge in [0.1, 0.15) is 11.3 Å². The molecule has 1 aliphatic carbocycles. The van der Waals surface area contributed by atoms with Gasteiger partial charge in [0.25, 0.3) is 5.91 Å². The summed E-state index contributed by atoms with van der Waals surface area (Å²) in [7, 11) is 1.68. The van der Waals surface area contributed by atoms with Crippen LogP contribution in [0.3, 0.4) is 0 Å². The lowest BCUT2D eigenvalue weighted by Crippen LogP contribution is -2.45. The van der Waals surface area contributed by atoms with Gasteiger partial charge in [-0.1, -0.05) is 36.8 Å². The monoisotopic (exact) mass is 383 g/mol. The van der Waals surface area contributed by atoms with Crippen LogP contribution in [0.1, 0.15) is 52.9 Å². The number of methoxy groups -OCH3 is 1. The molecule has 150 valence electrons. The standard InChI is InChI=1S/C23H29NO4/c1-17-14-19(11-6-10-18-8-4-3-5-9-18)28-22(26)20(17)21(25)24-15-23(16-27-2)12-7-13-23/h3-5,8-9,14H,6-7,10-13,15-16H2,1-2H3,(H,24,25). The summed E-state index contributed by atoms with van der Waals surface area (Å²) in [5, 5.41) is 2.91. The molecule has 1 aliphatic rings. The van der Waals surface area contributed by atoms with Crippen molar-refractivity contribution in [3.63, 3.8) is 0 Å². The molecule has 1 heterocycles. The molecule has 2 aromatic rings. The van der Waals surface area contributed by atoms with Crippen molar-refractivity contribution >= 4 is 5.91 Å². The van der Waals surface area contributed by atoms with E-state index < -0.39 is 5.63 Å². The molecule has 0 aliphatic heterocycles. The average molecular weight is 383 g/mol. The van der Waals surface area contributed by atoms with Gasteiger partial charge in [-0.25, -0.2) is 4.79 Å². The largest absolute Gasteiger partial charge is 0.427 e. The van der Waals surface area contributed by atoms with Gasteiger partial charge >= 0.3 is 5.63 Å². The highest BCUT2D eigenvalue weighted by molar-refractivity contribution is 5.95. The van der Waals surface area contributed by atoms with E-state index in [2.05, 4.69) is 17.4 Å². The van der Waals surface area contributed by atoms with Gasteiger partial charge in [-0.2, -0.15) is 0 Å². The SMILES string of the molecule is COCC1(CNC(=O)c2c(C)cc(CCCc3ccccc3)oc2=O)CCC1. The Bertz CT molecular complexity index is 853. The predicted octanol–water partition coefficient (Wildman–Crippen LogP) is 3.67. The third kappa shape index (κ3) is 4.90. The predicted molar refractivity (Wildman–Crippen MR) is 109 cm³/mol. The van der Waals surface area contributed by atoms with Gasteiger partial charge in [-0.05, 0) is 49.8 Å². The Labute approximate surface area is 166 Å². The smallest absolute Gasteiger partial charge is 0.349 e. The molecule has 0 atom stereocenters. The zero-order valence-electron chi connectivity index (χ0n) is 16.8. The normalized spacial score (nSPS) is 15.1. The van der Waals surface area contributed by atoms with Crippen molar-refractivity contribution in [1.29, 1.82) is 0 Å². The van der Waals surface area contributed by atoms with E-state index in [0.29, 0.717) is 30.9 Å². The molecule has 1 amide bonds. The number of ether oxygens (including phenoxy) is 1. The van der Waals surface area contributed by atoms with Crippen LogP contribution in [-0.2, 0) is 17.6 Å². The Morgan fingerprint density at radius 3 is 2.57 bits per heavy atom. The molecule has 1 N–H and O–H groups in total. The van der Waals surface area contributed by atoms with Crippen LogP contribution < -0.4 is 10.9 Å². The van der Waals surface area contributed by atoms with E-state index >= 15 is 0 Å². The third-order valence-corrected chi connectivity index (χ3v) is 5.65. The molecule has 1 aromatic heterocycles. The molecule has 0 spiro atoms. The first-order chi connectivity index (χ1) is 13.5. The molecular formula is C23H29NO4. The maximum Gasteiger partial charge on any atom is 0.349 e. The first-order valence-corrected chi connectivity index (χ1v) is 9.98. The Hall–Kier alpha value is -2.40. The van der Waals surface area contributed by atoms with Crippen LogP contribution in [0.5, 0.6) is 0 Å². The van der Waals surface area contributed by atoms with Crippen molar-refractivity contribution in [2.75, 3.05) is 20.3 Å². The van der Waals surface area contributed by atoms with Crippen LogP contribution in [0.15, 0.2) is 45.6 Å². The van der Waals surface area contributed by atoms with Crippen LogP contribution >= 0.6 is 0 Å². The number of rotatable bonds is 9. The van der Waals surface area contributed by atoms with Crippen LogP contribution in [0.4, 0.5) is 0 Å². The average Bonchev–Trinajstić information content (AvgIpc) is 2.64. The second-order valence-electron chi connectivity index (χ2n) is 7.87. The van der Waals surface area contributed by atoms with Gasteiger partial charge in [0.15, 0.2) is 0 Å². The van der Waals surface area contributed by atoms with E-state index in [1.807, 2.05) is 24.3 Å². The maximum absolute atomic E-state index is 12.6. The highest BCUT2D eigenvalue weighted by Gasteiger charge is 2.37. The first kappa shape index (κ1) is 20.3. The van der Waals surface area contributed by atoms with Crippen molar-refractivity contribution in [3.05, 3.63) is 69.3 Å². The second kappa shape index (κ2) is 9.20. The number of benzene rings is 1. The summed E-state index contributed by atoms with van der Waals surface area (Å²) in [6.07, 6.45) is 5.71. The van der Waals surface area contributed by atoms with E-state index in [-0.39, 0.29) is 16.9 Å². The number of hydrogen-bond donors (Lipinski definition) is 1. The van der Waals surface area contributed by atoms with Crippen molar-refractivity contribution in [2.24, 2.45) is 5.41 Å². The van der Waals surface area contributed by atoms with Gasteiger partial charge in [-0.3, -0.25) is 4.79 Å². The van der Waals surface area contributed by atoms with Crippen molar-refractivity contribution in [3.8, 4) is 0 Å². The number of carbonyl (C=O) groups is 1. The fourth-order valence-electron chi connectivity index (χ4n) is 3.89. The molecule has 3 rings (SSSR count). The molecular weight excluding hydrogens is 354 g/mol. The highest BCUT2D eigenvalue weighted by Crippen LogP contribution is 2.40. The third-order valence-electron chi connectivity index (χ3n) is 5.65. The number of nitrogens with one attached hydrogen (secondary N) is 1. The highest BCUT2D eigenvalue weighted by atomic mass is 16.5. The summed E-state index contributed by atoms with van der Waals surface area (Å²) in [4.78, 5) is 25.0. The van der Waals surface area contributed by atoms with Gasteiger partial charge in [0.05, 0.1) is 6.61 Å². The zero-order valence-corrected chi connectivity index (χ0v) is 16.8. The molecule has 1 aromatic carbocycles. The van der Waals surface area contributed by atoms with Crippen LogP contribution in [0, 0.1) is 12.3 Å². The van der Waals surface area contributed by atoms with E-state index in [1.54, 1.807) is 14.0 Å². The van der Waals surface area contributed by atoms with Crippen LogP contribution in [0.25, 0.3) is 0 Å². The summed E-state index contributed by atoms with van der Waals surface area (Å²) in [6.45, 7) is 2.94. The lowest BCUT2D eigenvalue weighted by Gasteiger charge is -2.41. The van der Waals surface area contributed by atoms with E-state index in [0.717, 1.165) is 32.1 Å². The molecule has 1 fully saturated rings. The molecule has 28 heavy (non-hydrogen) atoms. The summed E-state index contributed by atoms with van der Waals surface area (Å²) >= 11 is 0. The molecule has 5 nitrogen and oxygen atoms in total. The lowest BCUT2D eigenvalue weighted by molar-refractivity contribution is 0.0179. The second-order valence-corrected chi connectivity index (χ2v) is 7.87. The molecule has 1 saturated carbocycles.